The molecule has 2 N–H and O–H groups in total. The highest BCUT2D eigenvalue weighted by Gasteiger charge is 2.15. The van der Waals surface area contributed by atoms with Gasteiger partial charge >= 0.3 is 0 Å². The third kappa shape index (κ3) is 6.19. The fourth-order valence-electron chi connectivity index (χ4n) is 2.53. The number of hydrogen-bond acceptors (Lipinski definition) is 5. The van der Waals surface area contributed by atoms with E-state index in [0.717, 1.165) is 25.9 Å². The molecule has 7 heteroatoms. The van der Waals surface area contributed by atoms with Crippen LogP contribution >= 0.6 is 0 Å². The molecule has 0 bridgehead atoms. The first-order valence-electron chi connectivity index (χ1n) is 7.85. The van der Waals surface area contributed by atoms with E-state index in [9.17, 15) is 13.2 Å². The van der Waals surface area contributed by atoms with Crippen molar-refractivity contribution in [3.8, 4) is 5.75 Å². The van der Waals surface area contributed by atoms with Crippen molar-refractivity contribution in [2.45, 2.75) is 24.2 Å². The Bertz CT molecular complexity index is 607. The molecule has 6 nitrogen and oxygen atoms in total. The Balaban J connectivity index is 1.62. The summed E-state index contributed by atoms with van der Waals surface area (Å²) < 4.78 is 28.2. The smallest absolute Gasteiger partial charge is 0.220 e. The van der Waals surface area contributed by atoms with E-state index in [-0.39, 0.29) is 10.8 Å². The summed E-state index contributed by atoms with van der Waals surface area (Å²) in [6, 6.07) is 6.26. The molecule has 128 valence electrons. The molecule has 0 saturated carbocycles. The van der Waals surface area contributed by atoms with Gasteiger partial charge in [0.15, 0.2) is 9.84 Å². The summed E-state index contributed by atoms with van der Waals surface area (Å²) >= 11 is 0. The summed E-state index contributed by atoms with van der Waals surface area (Å²) in [6.45, 7) is 2.86. The summed E-state index contributed by atoms with van der Waals surface area (Å²) in [4.78, 5) is 12.0. The average molecular weight is 340 g/mol. The molecule has 0 spiro atoms. The van der Waals surface area contributed by atoms with E-state index >= 15 is 0 Å². The van der Waals surface area contributed by atoms with E-state index in [2.05, 4.69) is 10.6 Å². The van der Waals surface area contributed by atoms with Gasteiger partial charge in [0.2, 0.25) is 5.91 Å². The van der Waals surface area contributed by atoms with E-state index in [1.165, 1.54) is 18.4 Å². The second-order valence-electron chi connectivity index (χ2n) is 5.84. The molecule has 0 aliphatic carbocycles. The quantitative estimate of drug-likeness (QED) is 0.689. The van der Waals surface area contributed by atoms with Crippen molar-refractivity contribution in [2.24, 2.45) is 5.92 Å². The summed E-state index contributed by atoms with van der Waals surface area (Å²) in [7, 11) is -3.19. The van der Waals surface area contributed by atoms with Gasteiger partial charge < -0.3 is 15.4 Å². The number of ether oxygens (including phenoxy) is 1. The van der Waals surface area contributed by atoms with Gasteiger partial charge in [-0.15, -0.1) is 0 Å². The standard InChI is InChI=1S/C16H24N2O4S/c1-23(20,21)15-5-3-14(4-6-15)22-11-10-18-16(19)7-2-13-8-9-17-12-13/h3-6,13,17H,2,7-12H2,1H3,(H,18,19). The van der Waals surface area contributed by atoms with Gasteiger partial charge in [0.05, 0.1) is 11.4 Å². The molecular formula is C16H24N2O4S. The molecule has 1 unspecified atom stereocenters. The molecule has 1 aliphatic rings. The third-order valence-electron chi connectivity index (χ3n) is 3.89. The molecular weight excluding hydrogens is 316 g/mol. The van der Waals surface area contributed by atoms with E-state index < -0.39 is 9.84 Å². The van der Waals surface area contributed by atoms with Crippen LogP contribution in [0, 0.1) is 5.92 Å². The van der Waals surface area contributed by atoms with Gasteiger partial charge in [-0.05, 0) is 56.1 Å². The molecule has 0 aromatic heterocycles. The maximum absolute atomic E-state index is 11.7. The Morgan fingerprint density at radius 3 is 2.70 bits per heavy atom. The number of nitrogens with one attached hydrogen (secondary N) is 2. The maximum Gasteiger partial charge on any atom is 0.220 e. The van der Waals surface area contributed by atoms with Crippen LogP contribution in [0.3, 0.4) is 0 Å². The second kappa shape index (κ2) is 8.31. The zero-order chi connectivity index (χ0) is 16.7. The van der Waals surface area contributed by atoms with Gasteiger partial charge in [0.25, 0.3) is 0 Å². The minimum atomic E-state index is -3.19. The van der Waals surface area contributed by atoms with Crippen molar-refractivity contribution < 1.29 is 17.9 Å². The zero-order valence-electron chi connectivity index (χ0n) is 13.4. The summed E-state index contributed by atoms with van der Waals surface area (Å²) in [5.74, 6) is 1.25. The third-order valence-corrected chi connectivity index (χ3v) is 5.02. The number of carbonyl (C=O) groups is 1. The van der Waals surface area contributed by atoms with Crippen molar-refractivity contribution in [3.05, 3.63) is 24.3 Å². The van der Waals surface area contributed by atoms with Crippen LogP contribution in [0.1, 0.15) is 19.3 Å². The fraction of sp³-hybridized carbons (Fsp3) is 0.562. The Labute approximate surface area is 137 Å². The lowest BCUT2D eigenvalue weighted by Crippen LogP contribution is -2.28. The van der Waals surface area contributed by atoms with E-state index in [1.54, 1.807) is 12.1 Å². The van der Waals surface area contributed by atoms with Crippen LogP contribution in [0.15, 0.2) is 29.2 Å². The number of amides is 1. The highest BCUT2D eigenvalue weighted by Crippen LogP contribution is 2.16. The van der Waals surface area contributed by atoms with Crippen molar-refractivity contribution in [1.29, 1.82) is 0 Å². The van der Waals surface area contributed by atoms with Crippen molar-refractivity contribution in [2.75, 3.05) is 32.5 Å². The first-order chi connectivity index (χ1) is 10.9. The van der Waals surface area contributed by atoms with Crippen LogP contribution in [-0.2, 0) is 14.6 Å². The maximum atomic E-state index is 11.7. The number of sulfone groups is 1. The topological polar surface area (TPSA) is 84.5 Å². The molecule has 2 rings (SSSR count). The van der Waals surface area contributed by atoms with Crippen LogP contribution < -0.4 is 15.4 Å². The fourth-order valence-corrected chi connectivity index (χ4v) is 3.16. The van der Waals surface area contributed by atoms with Crippen LogP contribution in [0.25, 0.3) is 0 Å². The predicted octanol–water partition coefficient (Wildman–Crippen LogP) is 0.975. The van der Waals surface area contributed by atoms with Gasteiger partial charge in [-0.1, -0.05) is 0 Å². The van der Waals surface area contributed by atoms with Crippen molar-refractivity contribution >= 4 is 15.7 Å². The molecule has 1 amide bonds. The lowest BCUT2D eigenvalue weighted by atomic mass is 10.0. The molecule has 23 heavy (non-hydrogen) atoms. The lowest BCUT2D eigenvalue weighted by molar-refractivity contribution is -0.121. The van der Waals surface area contributed by atoms with Crippen LogP contribution in [0.5, 0.6) is 5.75 Å². The van der Waals surface area contributed by atoms with E-state index in [1.807, 2.05) is 0 Å². The molecule has 1 aromatic carbocycles. The second-order valence-corrected chi connectivity index (χ2v) is 7.86. The van der Waals surface area contributed by atoms with Crippen LogP contribution in [-0.4, -0.2) is 46.8 Å². The minimum Gasteiger partial charge on any atom is -0.492 e. The van der Waals surface area contributed by atoms with Gasteiger partial charge in [-0.3, -0.25) is 4.79 Å². The normalized spacial score (nSPS) is 17.9. The Morgan fingerprint density at radius 2 is 2.09 bits per heavy atom. The molecule has 1 aliphatic heterocycles. The number of rotatable bonds is 8. The monoisotopic (exact) mass is 340 g/mol. The Hall–Kier alpha value is -1.60. The van der Waals surface area contributed by atoms with Gasteiger partial charge in [-0.2, -0.15) is 0 Å². The molecule has 1 atom stereocenters. The summed E-state index contributed by atoms with van der Waals surface area (Å²) in [6.07, 6.45) is 3.79. The molecule has 1 heterocycles. The van der Waals surface area contributed by atoms with E-state index in [0.29, 0.717) is 31.2 Å². The zero-order valence-corrected chi connectivity index (χ0v) is 14.2. The first kappa shape index (κ1) is 17.7. The Kier molecular flexibility index (Phi) is 6.41. The number of benzene rings is 1. The number of hydrogen-bond donors (Lipinski definition) is 2. The van der Waals surface area contributed by atoms with Gasteiger partial charge in [0, 0.05) is 12.7 Å². The largest absolute Gasteiger partial charge is 0.492 e. The van der Waals surface area contributed by atoms with Crippen LogP contribution in [0.2, 0.25) is 0 Å². The highest BCUT2D eigenvalue weighted by molar-refractivity contribution is 7.90. The Morgan fingerprint density at radius 1 is 1.35 bits per heavy atom. The first-order valence-corrected chi connectivity index (χ1v) is 9.74. The lowest BCUT2D eigenvalue weighted by Gasteiger charge is -2.10. The molecule has 1 saturated heterocycles. The molecule has 1 aromatic rings. The van der Waals surface area contributed by atoms with E-state index in [4.69, 9.17) is 4.74 Å². The minimum absolute atomic E-state index is 0.0490. The average Bonchev–Trinajstić information content (AvgIpc) is 3.02. The highest BCUT2D eigenvalue weighted by atomic mass is 32.2. The van der Waals surface area contributed by atoms with Crippen molar-refractivity contribution in [1.82, 2.24) is 10.6 Å². The van der Waals surface area contributed by atoms with Gasteiger partial charge in [0.1, 0.15) is 12.4 Å². The summed E-state index contributed by atoms with van der Waals surface area (Å²) in [5, 5.41) is 6.12. The van der Waals surface area contributed by atoms with Gasteiger partial charge in [-0.25, -0.2) is 8.42 Å². The molecule has 1 fully saturated rings. The predicted molar refractivity (Wildman–Crippen MR) is 88.3 cm³/mol. The SMILES string of the molecule is CS(=O)(=O)c1ccc(OCCNC(=O)CCC2CCNC2)cc1. The number of carbonyl (C=O) groups excluding carboxylic acids is 1. The molecule has 0 radical (unpaired) electrons. The van der Waals surface area contributed by atoms with Crippen molar-refractivity contribution in [3.63, 3.8) is 0 Å². The van der Waals surface area contributed by atoms with Crippen LogP contribution in [0.4, 0.5) is 0 Å². The summed E-state index contributed by atoms with van der Waals surface area (Å²) in [5.41, 5.74) is 0.